The molecule has 14 N–H and O–H groups in total. The third-order valence-corrected chi connectivity index (χ3v) is 15.8. The Morgan fingerprint density at radius 1 is 0.683 bits per heavy atom. The largest absolute Gasteiger partial charge is 0.477 e. The van der Waals surface area contributed by atoms with Gasteiger partial charge < -0.3 is 105 Å². The molecule has 0 radical (unpaired) electrons. The quantitative estimate of drug-likeness (QED) is 0.0306. The van der Waals surface area contributed by atoms with Crippen molar-refractivity contribution in [1.29, 1.82) is 0 Å². The van der Waals surface area contributed by atoms with Crippen molar-refractivity contribution < 1.29 is 109 Å². The van der Waals surface area contributed by atoms with Crippen LogP contribution < -0.4 is 10.6 Å². The van der Waals surface area contributed by atoms with Crippen molar-refractivity contribution in [3.05, 3.63) is 12.2 Å². The van der Waals surface area contributed by atoms with Crippen LogP contribution in [0.3, 0.4) is 0 Å². The molecule has 0 saturated carbocycles. The van der Waals surface area contributed by atoms with Crippen LogP contribution in [0.4, 0.5) is 0 Å². The van der Waals surface area contributed by atoms with Crippen molar-refractivity contribution in [3.63, 3.8) is 0 Å². The first kappa shape index (κ1) is 73.7. The summed E-state index contributed by atoms with van der Waals surface area (Å²) in [6, 6.07) is -2.69. The molecule has 0 aliphatic carbocycles. The molecule has 0 spiro atoms. The smallest absolute Gasteiger partial charge is 0.364 e. The molecule has 2 amide bonds. The molecule has 0 aromatic heterocycles. The number of carbonyl (C=O) groups is 3. The van der Waals surface area contributed by atoms with E-state index in [9.17, 15) is 75.7 Å². The van der Waals surface area contributed by atoms with Gasteiger partial charge in [-0.3, -0.25) is 9.59 Å². The predicted molar refractivity (Wildman–Crippen MR) is 298 cm³/mol. The Morgan fingerprint density at radius 2 is 1.24 bits per heavy atom. The van der Waals surface area contributed by atoms with Crippen molar-refractivity contribution >= 4 is 17.8 Å². The molecule has 3 aliphatic heterocycles. The number of aliphatic hydroxyl groups is 11. The minimum atomic E-state index is -3.09. The third-order valence-electron chi connectivity index (χ3n) is 15.8. The maximum absolute atomic E-state index is 13.3. The highest BCUT2D eigenvalue weighted by Crippen LogP contribution is 2.39. The molecule has 24 heteroatoms. The molecule has 18 atom stereocenters. The van der Waals surface area contributed by atoms with Gasteiger partial charge in [-0.15, -0.1) is 0 Å². The highest BCUT2D eigenvalue weighted by molar-refractivity contribution is 5.78. The van der Waals surface area contributed by atoms with Crippen LogP contribution in [-0.2, 0) is 47.5 Å². The van der Waals surface area contributed by atoms with Crippen LogP contribution >= 0.6 is 0 Å². The number of hydrogen-bond donors (Lipinski definition) is 14. The second-order valence-electron chi connectivity index (χ2n) is 22.9. The Morgan fingerprint density at radius 3 is 1.78 bits per heavy atom. The van der Waals surface area contributed by atoms with Gasteiger partial charge in [-0.25, -0.2) is 4.79 Å². The first-order chi connectivity index (χ1) is 39.3. The van der Waals surface area contributed by atoms with E-state index < -0.39 is 161 Å². The van der Waals surface area contributed by atoms with Crippen LogP contribution in [0.5, 0.6) is 0 Å². The van der Waals surface area contributed by atoms with E-state index >= 15 is 0 Å². The van der Waals surface area contributed by atoms with Crippen molar-refractivity contribution in [2.75, 3.05) is 40.1 Å². The van der Waals surface area contributed by atoms with Gasteiger partial charge in [-0.05, 0) is 25.2 Å². The predicted octanol–water partition coefficient (Wildman–Crippen LogP) is 1.87. The first-order valence-electron chi connectivity index (χ1n) is 30.5. The van der Waals surface area contributed by atoms with Crippen molar-refractivity contribution in [3.8, 4) is 0 Å². The number of carboxylic acid groups (broad SMARTS) is 1. The number of rotatable bonds is 44. The minimum Gasteiger partial charge on any atom is -0.477 e. The number of carbonyl (C=O) groups excluding carboxylic acids is 2. The molecular formula is C58H106N2O22. The lowest BCUT2D eigenvalue weighted by Gasteiger charge is -2.50. The molecule has 3 rings (SSSR count). The maximum atomic E-state index is 13.3. The van der Waals surface area contributed by atoms with E-state index in [4.69, 9.17) is 33.2 Å². The Hall–Kier alpha value is -2.57. The minimum absolute atomic E-state index is 0.200. The van der Waals surface area contributed by atoms with Crippen LogP contribution in [0.2, 0.25) is 0 Å². The molecule has 0 aromatic carbocycles. The van der Waals surface area contributed by atoms with Gasteiger partial charge in [0.25, 0.3) is 5.79 Å². The summed E-state index contributed by atoms with van der Waals surface area (Å²) in [5, 5.41) is 135. The second-order valence-corrected chi connectivity index (χ2v) is 22.9. The van der Waals surface area contributed by atoms with Crippen LogP contribution in [0.1, 0.15) is 181 Å². The van der Waals surface area contributed by atoms with Crippen LogP contribution in [0, 0.1) is 5.92 Å². The van der Waals surface area contributed by atoms with E-state index in [1.165, 1.54) is 89.9 Å². The number of methoxy groups -OCH3 is 1. The summed E-state index contributed by atoms with van der Waals surface area (Å²) in [4.78, 5) is 38.7. The molecule has 3 fully saturated rings. The van der Waals surface area contributed by atoms with E-state index in [0.29, 0.717) is 12.8 Å². The number of hydrogen-bond acceptors (Lipinski definition) is 21. The average molecular weight is 1180 g/mol. The van der Waals surface area contributed by atoms with Gasteiger partial charge in [0.15, 0.2) is 12.6 Å². The molecule has 0 bridgehead atoms. The summed E-state index contributed by atoms with van der Waals surface area (Å²) >= 11 is 0. The molecule has 3 heterocycles. The summed E-state index contributed by atoms with van der Waals surface area (Å²) in [6.07, 6.45) is 0.624. The fourth-order valence-corrected chi connectivity index (χ4v) is 10.7. The molecule has 3 aliphatic rings. The van der Waals surface area contributed by atoms with Crippen molar-refractivity contribution in [1.82, 2.24) is 10.6 Å². The van der Waals surface area contributed by atoms with Gasteiger partial charge in [-0.1, -0.05) is 161 Å². The Balaban J connectivity index is 1.71. The van der Waals surface area contributed by atoms with E-state index in [-0.39, 0.29) is 12.3 Å². The molecule has 3 saturated heterocycles. The van der Waals surface area contributed by atoms with E-state index in [1.807, 2.05) is 6.08 Å². The van der Waals surface area contributed by atoms with Crippen LogP contribution in [0.15, 0.2) is 12.2 Å². The number of aliphatic carboxylic acids is 1. The number of allylic oxidation sites excluding steroid dienone is 1. The fourth-order valence-electron chi connectivity index (χ4n) is 10.7. The van der Waals surface area contributed by atoms with Gasteiger partial charge >= 0.3 is 5.97 Å². The number of nitrogens with one attached hydrogen (secondary N) is 2. The van der Waals surface area contributed by atoms with Crippen molar-refractivity contribution in [2.45, 2.75) is 291 Å². The first-order valence-corrected chi connectivity index (χ1v) is 30.5. The fraction of sp³-hybridized carbons (Fsp3) is 0.914. The molecule has 24 nitrogen and oxygen atoms in total. The summed E-state index contributed by atoms with van der Waals surface area (Å²) in [5.74, 6) is -5.74. The Kier molecular flexibility index (Phi) is 36.6. The SMILES string of the molecule is CCCCCCCCCCCCCCCC(=O)NC(COC1OC(CO)C(OC2OC(CO)C(O)C(OC3(C(=O)O)CC(O)C(NC(=O)CO)C(C(O)C(CO)OC)O3)C2O)C(O)C1O)C(O)C=CCCCCCCCCCCC(C)C. The van der Waals surface area contributed by atoms with Crippen LogP contribution in [0.25, 0.3) is 0 Å². The topological polar surface area (TPSA) is 383 Å². The van der Waals surface area contributed by atoms with Gasteiger partial charge in [0.05, 0.1) is 50.7 Å². The Bertz CT molecular complexity index is 1750. The van der Waals surface area contributed by atoms with E-state index in [2.05, 4.69) is 31.4 Å². The third kappa shape index (κ3) is 24.7. The molecular weight excluding hydrogens is 1080 g/mol. The number of unbranched alkanes of at least 4 members (excludes halogenated alkanes) is 20. The lowest BCUT2D eigenvalue weighted by atomic mass is 9.88. The van der Waals surface area contributed by atoms with E-state index in [0.717, 1.165) is 58.0 Å². The van der Waals surface area contributed by atoms with E-state index in [1.54, 1.807) is 6.08 Å². The van der Waals surface area contributed by atoms with Gasteiger partial charge in [0.1, 0.15) is 73.8 Å². The highest BCUT2D eigenvalue weighted by Gasteiger charge is 2.60. The normalized spacial score (nSPS) is 30.3. The Labute approximate surface area is 485 Å². The molecule has 480 valence electrons. The van der Waals surface area contributed by atoms with Crippen molar-refractivity contribution in [2.24, 2.45) is 5.92 Å². The second kappa shape index (κ2) is 40.7. The lowest BCUT2D eigenvalue weighted by molar-refractivity contribution is -0.386. The lowest BCUT2D eigenvalue weighted by Crippen LogP contribution is -2.71. The van der Waals surface area contributed by atoms with Gasteiger partial charge in [0, 0.05) is 20.0 Å². The molecule has 18 unspecified atom stereocenters. The number of aliphatic hydroxyl groups excluding tert-OH is 11. The van der Waals surface area contributed by atoms with Gasteiger partial charge in [0.2, 0.25) is 11.8 Å². The molecule has 0 aromatic rings. The highest BCUT2D eigenvalue weighted by atomic mass is 16.8. The summed E-state index contributed by atoms with van der Waals surface area (Å²) < 4.78 is 39.9. The number of ether oxygens (including phenoxy) is 7. The summed E-state index contributed by atoms with van der Waals surface area (Å²) in [5.41, 5.74) is 0. The van der Waals surface area contributed by atoms with Crippen LogP contribution in [-0.4, -0.2) is 229 Å². The zero-order chi connectivity index (χ0) is 60.6. The standard InChI is InChI=1S/C58H106N2O22/c1-5-6-7-8-9-10-11-12-13-18-21-24-27-30-44(67)59-38(39(65)29-26-23-20-17-15-14-16-19-22-25-28-37(2)3)36-77-55-50(72)49(71)52(43(34-63)79-55)80-56-51(73)54(48(70)42(33-62)78-56)82-58(57(74)75)31-40(66)46(60-45(68)35-64)53(81-58)47(69)41(32-61)76-4/h26,29,37-43,46-56,61-66,69-73H,5-25,27-28,30-36H2,1-4H3,(H,59,67)(H,60,68)(H,74,75). The maximum Gasteiger partial charge on any atom is 0.364 e. The summed E-state index contributed by atoms with van der Waals surface area (Å²) in [6.45, 7) is 2.41. The number of carboxylic acids is 1. The average Bonchev–Trinajstić information content (AvgIpc) is 3.44. The zero-order valence-electron chi connectivity index (χ0n) is 49.2. The zero-order valence-corrected chi connectivity index (χ0v) is 49.2. The monoisotopic (exact) mass is 1180 g/mol. The number of amides is 2. The molecule has 82 heavy (non-hydrogen) atoms. The summed E-state index contributed by atoms with van der Waals surface area (Å²) in [7, 11) is 1.08. The van der Waals surface area contributed by atoms with Gasteiger partial charge in [-0.2, -0.15) is 0 Å².